The summed E-state index contributed by atoms with van der Waals surface area (Å²) in [6.45, 7) is -0.0628. The van der Waals surface area contributed by atoms with E-state index in [4.69, 9.17) is 19.4 Å². The molecule has 3 aromatic rings. The molecule has 1 aromatic heterocycles. The third-order valence-electron chi connectivity index (χ3n) is 4.16. The summed E-state index contributed by atoms with van der Waals surface area (Å²) in [7, 11) is 1.58. The standard InChI is InChI=1S/C24H20O5/c1-28-21-10-8-18(9-11-21)22-16-20-15-17(6-2-4-12-25)14-19(7-3-5-13-26)23(20)29-24(22)27/h8-11,14-16,25-26H,4-5,12-13H2,1H3. The van der Waals surface area contributed by atoms with E-state index in [-0.39, 0.29) is 13.2 Å². The van der Waals surface area contributed by atoms with Crippen LogP contribution in [0.2, 0.25) is 0 Å². The average molecular weight is 388 g/mol. The Labute approximate surface area is 168 Å². The molecule has 0 unspecified atom stereocenters. The van der Waals surface area contributed by atoms with Crippen LogP contribution in [0.4, 0.5) is 0 Å². The highest BCUT2D eigenvalue weighted by atomic mass is 16.5. The highest BCUT2D eigenvalue weighted by Gasteiger charge is 2.11. The Balaban J connectivity index is 2.17. The summed E-state index contributed by atoms with van der Waals surface area (Å²) < 4.78 is 10.8. The SMILES string of the molecule is COc1ccc(-c2cc3cc(C#CCCO)cc(C#CCCO)c3oc2=O)cc1. The van der Waals surface area contributed by atoms with Gasteiger partial charge in [-0.2, -0.15) is 0 Å². The van der Waals surface area contributed by atoms with Crippen molar-refractivity contribution in [3.05, 3.63) is 64.0 Å². The molecule has 5 nitrogen and oxygen atoms in total. The molecule has 0 fully saturated rings. The minimum atomic E-state index is -0.466. The van der Waals surface area contributed by atoms with Gasteiger partial charge in [0.15, 0.2) is 5.58 Å². The number of hydrogen-bond donors (Lipinski definition) is 2. The summed E-state index contributed by atoms with van der Waals surface area (Å²) >= 11 is 0. The summed E-state index contributed by atoms with van der Waals surface area (Å²) in [5.74, 6) is 12.4. The van der Waals surface area contributed by atoms with Gasteiger partial charge in [0, 0.05) is 23.8 Å². The minimum absolute atomic E-state index is 0.0137. The van der Waals surface area contributed by atoms with Gasteiger partial charge in [-0.3, -0.25) is 0 Å². The zero-order chi connectivity index (χ0) is 20.6. The fourth-order valence-corrected chi connectivity index (χ4v) is 2.81. The van der Waals surface area contributed by atoms with Crippen molar-refractivity contribution in [2.24, 2.45) is 0 Å². The molecule has 29 heavy (non-hydrogen) atoms. The molecule has 5 heteroatoms. The van der Waals surface area contributed by atoms with Crippen LogP contribution in [0.25, 0.3) is 22.1 Å². The lowest BCUT2D eigenvalue weighted by atomic mass is 10.0. The Kier molecular flexibility index (Phi) is 6.71. The molecule has 3 rings (SSSR count). The molecule has 0 amide bonds. The Morgan fingerprint density at radius 3 is 2.31 bits per heavy atom. The fraction of sp³-hybridized carbons (Fsp3) is 0.208. The van der Waals surface area contributed by atoms with Crippen LogP contribution in [0.3, 0.4) is 0 Å². The van der Waals surface area contributed by atoms with Crippen molar-refractivity contribution < 1.29 is 19.4 Å². The fourth-order valence-electron chi connectivity index (χ4n) is 2.81. The number of rotatable bonds is 4. The first-order chi connectivity index (χ1) is 14.2. The lowest BCUT2D eigenvalue weighted by molar-refractivity contribution is 0.304. The van der Waals surface area contributed by atoms with Crippen molar-refractivity contribution in [2.45, 2.75) is 12.8 Å². The molecule has 2 N–H and O–H groups in total. The van der Waals surface area contributed by atoms with E-state index in [1.165, 1.54) is 0 Å². The number of fused-ring (bicyclic) bond motifs is 1. The number of benzene rings is 2. The van der Waals surface area contributed by atoms with Gasteiger partial charge >= 0.3 is 5.63 Å². The first-order valence-electron chi connectivity index (χ1n) is 9.12. The van der Waals surface area contributed by atoms with E-state index < -0.39 is 5.63 Å². The van der Waals surface area contributed by atoms with Crippen molar-refractivity contribution in [1.82, 2.24) is 0 Å². The highest BCUT2D eigenvalue weighted by molar-refractivity contribution is 5.87. The molecule has 0 atom stereocenters. The normalized spacial score (nSPS) is 10.0. The van der Waals surface area contributed by atoms with E-state index in [0.717, 1.165) is 0 Å². The zero-order valence-electron chi connectivity index (χ0n) is 16.0. The Bertz CT molecular complexity index is 1180. The third-order valence-corrected chi connectivity index (χ3v) is 4.16. The molecule has 0 aliphatic heterocycles. The van der Waals surface area contributed by atoms with E-state index in [9.17, 15) is 4.79 Å². The Morgan fingerprint density at radius 2 is 1.66 bits per heavy atom. The average Bonchev–Trinajstić information content (AvgIpc) is 2.74. The maximum absolute atomic E-state index is 12.6. The van der Waals surface area contributed by atoms with Crippen molar-refractivity contribution >= 4 is 11.0 Å². The number of aliphatic hydroxyl groups excluding tert-OH is 2. The van der Waals surface area contributed by atoms with Crippen LogP contribution in [0.1, 0.15) is 24.0 Å². The molecule has 2 aromatic carbocycles. The lowest BCUT2D eigenvalue weighted by Gasteiger charge is -2.06. The summed E-state index contributed by atoms with van der Waals surface area (Å²) in [4.78, 5) is 12.6. The number of aliphatic hydroxyl groups is 2. The first-order valence-corrected chi connectivity index (χ1v) is 9.12. The molecule has 0 saturated heterocycles. The lowest BCUT2D eigenvalue weighted by Crippen LogP contribution is -2.03. The smallest absolute Gasteiger partial charge is 0.344 e. The second kappa shape index (κ2) is 9.61. The van der Waals surface area contributed by atoms with Crippen LogP contribution in [0.5, 0.6) is 5.75 Å². The third kappa shape index (κ3) is 4.86. The second-order valence-corrected chi connectivity index (χ2v) is 6.17. The van der Waals surface area contributed by atoms with Crippen molar-refractivity contribution in [2.75, 3.05) is 20.3 Å². The maximum atomic E-state index is 12.6. The zero-order valence-corrected chi connectivity index (χ0v) is 16.0. The summed E-state index contributed by atoms with van der Waals surface area (Å²) in [5.41, 5.74) is 2.29. The van der Waals surface area contributed by atoms with E-state index in [1.54, 1.807) is 43.5 Å². The number of methoxy groups -OCH3 is 1. The molecule has 0 bridgehead atoms. The van der Waals surface area contributed by atoms with Crippen molar-refractivity contribution in [1.29, 1.82) is 0 Å². The Hall–Kier alpha value is -3.51. The van der Waals surface area contributed by atoms with Crippen LogP contribution in [-0.4, -0.2) is 30.5 Å². The summed E-state index contributed by atoms with van der Waals surface area (Å²) in [6, 6.07) is 12.5. The molecule has 1 heterocycles. The largest absolute Gasteiger partial charge is 0.497 e. The van der Waals surface area contributed by atoms with Crippen LogP contribution in [-0.2, 0) is 0 Å². The van der Waals surface area contributed by atoms with Crippen LogP contribution in [0, 0.1) is 23.7 Å². The van der Waals surface area contributed by atoms with E-state index in [1.807, 2.05) is 6.07 Å². The molecule has 0 spiro atoms. The summed E-state index contributed by atoms with van der Waals surface area (Å²) in [5, 5.41) is 18.6. The molecule has 0 saturated carbocycles. The maximum Gasteiger partial charge on any atom is 0.344 e. The van der Waals surface area contributed by atoms with Gasteiger partial charge in [0.05, 0.1) is 31.5 Å². The van der Waals surface area contributed by atoms with Gasteiger partial charge in [0.25, 0.3) is 0 Å². The number of ether oxygens (including phenoxy) is 1. The number of hydrogen-bond acceptors (Lipinski definition) is 5. The molecule has 0 aliphatic carbocycles. The predicted molar refractivity (Wildman–Crippen MR) is 112 cm³/mol. The molecular weight excluding hydrogens is 368 g/mol. The van der Waals surface area contributed by atoms with Gasteiger partial charge in [-0.15, -0.1) is 0 Å². The quantitative estimate of drug-likeness (QED) is 0.531. The minimum Gasteiger partial charge on any atom is -0.497 e. The second-order valence-electron chi connectivity index (χ2n) is 6.17. The van der Waals surface area contributed by atoms with Gasteiger partial charge in [-0.1, -0.05) is 35.8 Å². The van der Waals surface area contributed by atoms with E-state index >= 15 is 0 Å². The van der Waals surface area contributed by atoms with Gasteiger partial charge in [0.1, 0.15) is 5.75 Å². The van der Waals surface area contributed by atoms with Gasteiger partial charge < -0.3 is 19.4 Å². The van der Waals surface area contributed by atoms with E-state index in [2.05, 4.69) is 23.7 Å². The van der Waals surface area contributed by atoms with Crippen molar-refractivity contribution in [3.8, 4) is 40.6 Å². The molecule has 146 valence electrons. The predicted octanol–water partition coefficient (Wildman–Crippen LogP) is 2.94. The van der Waals surface area contributed by atoms with Crippen molar-refractivity contribution in [3.63, 3.8) is 0 Å². The van der Waals surface area contributed by atoms with Gasteiger partial charge in [-0.05, 0) is 35.9 Å². The highest BCUT2D eigenvalue weighted by Crippen LogP contribution is 2.26. The monoisotopic (exact) mass is 388 g/mol. The topological polar surface area (TPSA) is 79.9 Å². The van der Waals surface area contributed by atoms with Gasteiger partial charge in [-0.25, -0.2) is 4.79 Å². The molecular formula is C24H20O5. The molecule has 0 aliphatic rings. The Morgan fingerprint density at radius 1 is 0.966 bits per heavy atom. The van der Waals surface area contributed by atoms with Crippen LogP contribution >= 0.6 is 0 Å². The van der Waals surface area contributed by atoms with Crippen LogP contribution < -0.4 is 10.4 Å². The molecule has 0 radical (unpaired) electrons. The first kappa shape index (κ1) is 20.2. The van der Waals surface area contributed by atoms with Gasteiger partial charge in [0.2, 0.25) is 0 Å². The summed E-state index contributed by atoms with van der Waals surface area (Å²) in [6.07, 6.45) is 0.681. The van der Waals surface area contributed by atoms with E-state index in [0.29, 0.717) is 51.8 Å². The van der Waals surface area contributed by atoms with Crippen LogP contribution in [0.15, 0.2) is 51.7 Å².